The van der Waals surface area contributed by atoms with E-state index in [2.05, 4.69) is 0 Å². The quantitative estimate of drug-likeness (QED) is 0.538. The molecule has 0 saturated carbocycles. The minimum atomic E-state index is -0.613. The Balaban J connectivity index is 1.63. The number of nitrogens with two attached hydrogens (primary N) is 2. The molecule has 0 aliphatic heterocycles. The van der Waals surface area contributed by atoms with Crippen LogP contribution < -0.4 is 20.9 Å². The lowest BCUT2D eigenvalue weighted by molar-refractivity contribution is 0.0987. The molecule has 6 nitrogen and oxygen atoms in total. The molecule has 0 atom stereocenters. The van der Waals surface area contributed by atoms with E-state index < -0.39 is 11.8 Å². The van der Waals surface area contributed by atoms with Gasteiger partial charge < -0.3 is 20.9 Å². The molecule has 0 unspecified atom stereocenters. The molecule has 2 amide bonds. The van der Waals surface area contributed by atoms with E-state index in [9.17, 15) is 9.59 Å². The van der Waals surface area contributed by atoms with E-state index in [1.807, 2.05) is 24.3 Å². The SMILES string of the molecule is NC(=O)c1cc(Cl)ccc1OCc1ccc(COc2ccc(Cl)cc2C(N)=O)cc1. The van der Waals surface area contributed by atoms with Crippen LogP contribution in [0.25, 0.3) is 0 Å². The summed E-state index contributed by atoms with van der Waals surface area (Å²) in [6.45, 7) is 0.484. The number of carbonyl (C=O) groups is 2. The normalized spacial score (nSPS) is 10.5. The number of rotatable bonds is 8. The van der Waals surface area contributed by atoms with Gasteiger partial charge in [0, 0.05) is 10.0 Å². The molecule has 0 fully saturated rings. The van der Waals surface area contributed by atoms with E-state index in [0.717, 1.165) is 11.1 Å². The van der Waals surface area contributed by atoms with Crippen LogP contribution in [0.1, 0.15) is 31.8 Å². The predicted molar refractivity (Wildman–Crippen MR) is 115 cm³/mol. The Hall–Kier alpha value is -3.22. The van der Waals surface area contributed by atoms with Crippen LogP contribution in [-0.4, -0.2) is 11.8 Å². The molecule has 0 aliphatic carbocycles. The first kappa shape index (κ1) is 21.5. The van der Waals surface area contributed by atoms with Crippen molar-refractivity contribution in [3.63, 3.8) is 0 Å². The highest BCUT2D eigenvalue weighted by atomic mass is 35.5. The third-order valence-electron chi connectivity index (χ3n) is 4.23. The van der Waals surface area contributed by atoms with Gasteiger partial charge in [0.05, 0.1) is 11.1 Å². The van der Waals surface area contributed by atoms with Crippen molar-refractivity contribution in [3.8, 4) is 11.5 Å². The molecule has 0 spiro atoms. The zero-order chi connectivity index (χ0) is 21.7. The van der Waals surface area contributed by atoms with Gasteiger partial charge in [0.25, 0.3) is 11.8 Å². The number of hydrogen-bond acceptors (Lipinski definition) is 4. The summed E-state index contributed by atoms with van der Waals surface area (Å²) >= 11 is 11.8. The van der Waals surface area contributed by atoms with Gasteiger partial charge in [-0.05, 0) is 47.5 Å². The first-order valence-corrected chi connectivity index (χ1v) is 9.61. The highest BCUT2D eigenvalue weighted by Gasteiger charge is 2.12. The molecule has 3 aromatic carbocycles. The number of benzene rings is 3. The number of halogens is 2. The maximum Gasteiger partial charge on any atom is 0.252 e. The third kappa shape index (κ3) is 5.43. The van der Waals surface area contributed by atoms with E-state index in [4.69, 9.17) is 44.1 Å². The summed E-state index contributed by atoms with van der Waals surface area (Å²) in [6.07, 6.45) is 0. The topological polar surface area (TPSA) is 105 Å². The fourth-order valence-electron chi connectivity index (χ4n) is 2.70. The lowest BCUT2D eigenvalue weighted by atomic mass is 10.1. The smallest absolute Gasteiger partial charge is 0.252 e. The molecule has 30 heavy (non-hydrogen) atoms. The number of carbonyl (C=O) groups excluding carboxylic acids is 2. The first-order valence-electron chi connectivity index (χ1n) is 8.85. The van der Waals surface area contributed by atoms with Gasteiger partial charge >= 0.3 is 0 Å². The van der Waals surface area contributed by atoms with Crippen molar-refractivity contribution < 1.29 is 19.1 Å². The standard InChI is InChI=1S/C22H18Cl2N2O4/c23-15-5-7-19(17(9-15)21(25)27)29-11-13-1-2-14(4-3-13)12-30-20-8-6-16(24)10-18(20)22(26)28/h1-10H,11-12H2,(H2,25,27)(H2,26,28). The molecule has 3 rings (SSSR count). The maximum atomic E-state index is 11.5. The Morgan fingerprint density at radius 1 is 0.667 bits per heavy atom. The second-order valence-corrected chi connectivity index (χ2v) is 7.28. The molecule has 0 bridgehead atoms. The van der Waals surface area contributed by atoms with E-state index in [0.29, 0.717) is 21.5 Å². The van der Waals surface area contributed by atoms with Crippen molar-refractivity contribution >= 4 is 35.0 Å². The predicted octanol–water partition coefficient (Wildman–Crippen LogP) is 4.35. The number of amides is 2. The minimum absolute atomic E-state index is 0.223. The Labute approximate surface area is 183 Å². The van der Waals surface area contributed by atoms with Crippen LogP contribution in [0.5, 0.6) is 11.5 Å². The average Bonchev–Trinajstić information content (AvgIpc) is 2.72. The maximum absolute atomic E-state index is 11.5. The lowest BCUT2D eigenvalue weighted by Crippen LogP contribution is -2.13. The summed E-state index contributed by atoms with van der Waals surface area (Å²) in [5, 5.41) is 0.807. The van der Waals surface area contributed by atoms with Crippen molar-refractivity contribution in [2.75, 3.05) is 0 Å². The molecule has 3 aromatic rings. The highest BCUT2D eigenvalue weighted by Crippen LogP contribution is 2.25. The van der Waals surface area contributed by atoms with Crippen molar-refractivity contribution in [2.45, 2.75) is 13.2 Å². The van der Waals surface area contributed by atoms with Gasteiger partial charge in [0.15, 0.2) is 0 Å². The van der Waals surface area contributed by atoms with Gasteiger partial charge in [0.2, 0.25) is 0 Å². The monoisotopic (exact) mass is 444 g/mol. The Kier molecular flexibility index (Phi) is 6.82. The number of hydrogen-bond donors (Lipinski definition) is 2. The molecule has 0 heterocycles. The van der Waals surface area contributed by atoms with Gasteiger partial charge in [-0.1, -0.05) is 47.5 Å². The number of ether oxygens (including phenoxy) is 2. The van der Waals surface area contributed by atoms with Crippen molar-refractivity contribution in [1.82, 2.24) is 0 Å². The van der Waals surface area contributed by atoms with E-state index in [1.54, 1.807) is 24.3 Å². The van der Waals surface area contributed by atoms with Gasteiger partial charge in [-0.3, -0.25) is 9.59 Å². The lowest BCUT2D eigenvalue weighted by Gasteiger charge is -2.12. The van der Waals surface area contributed by atoms with Crippen LogP contribution in [0.15, 0.2) is 60.7 Å². The van der Waals surface area contributed by atoms with Crippen LogP contribution in [0, 0.1) is 0 Å². The zero-order valence-corrected chi connectivity index (χ0v) is 17.2. The summed E-state index contributed by atoms with van der Waals surface area (Å²) in [5.41, 5.74) is 12.9. The molecule has 0 saturated heterocycles. The summed E-state index contributed by atoms with van der Waals surface area (Å²) in [7, 11) is 0. The van der Waals surface area contributed by atoms with E-state index in [-0.39, 0.29) is 24.3 Å². The summed E-state index contributed by atoms with van der Waals surface area (Å²) in [4.78, 5) is 23.1. The molecular formula is C22H18Cl2N2O4. The average molecular weight is 445 g/mol. The van der Waals surface area contributed by atoms with Crippen LogP contribution in [0.2, 0.25) is 10.0 Å². The second-order valence-electron chi connectivity index (χ2n) is 6.40. The first-order chi connectivity index (χ1) is 14.3. The van der Waals surface area contributed by atoms with Crippen LogP contribution in [-0.2, 0) is 13.2 Å². The molecule has 0 aliphatic rings. The van der Waals surface area contributed by atoms with Gasteiger partial charge in [-0.15, -0.1) is 0 Å². The van der Waals surface area contributed by atoms with Crippen molar-refractivity contribution in [2.24, 2.45) is 11.5 Å². The summed E-state index contributed by atoms with van der Waals surface area (Å²) < 4.78 is 11.4. The molecule has 154 valence electrons. The van der Waals surface area contributed by atoms with Crippen LogP contribution in [0.4, 0.5) is 0 Å². The minimum Gasteiger partial charge on any atom is -0.488 e. The Morgan fingerprint density at radius 2 is 1.03 bits per heavy atom. The second kappa shape index (κ2) is 9.52. The summed E-state index contributed by atoms with van der Waals surface area (Å²) in [6, 6.07) is 16.9. The molecule has 0 radical (unpaired) electrons. The van der Waals surface area contributed by atoms with Gasteiger partial charge in [-0.2, -0.15) is 0 Å². The molecule has 4 N–H and O–H groups in total. The van der Waals surface area contributed by atoms with Gasteiger partial charge in [-0.25, -0.2) is 0 Å². The summed E-state index contributed by atoms with van der Waals surface area (Å²) in [5.74, 6) is -0.503. The van der Waals surface area contributed by atoms with Gasteiger partial charge in [0.1, 0.15) is 24.7 Å². The largest absolute Gasteiger partial charge is 0.488 e. The van der Waals surface area contributed by atoms with Crippen LogP contribution in [0.3, 0.4) is 0 Å². The van der Waals surface area contributed by atoms with E-state index in [1.165, 1.54) is 12.1 Å². The van der Waals surface area contributed by atoms with Crippen molar-refractivity contribution in [1.29, 1.82) is 0 Å². The third-order valence-corrected chi connectivity index (χ3v) is 4.70. The molecular weight excluding hydrogens is 427 g/mol. The molecule has 0 aromatic heterocycles. The fourth-order valence-corrected chi connectivity index (χ4v) is 3.04. The Morgan fingerprint density at radius 3 is 1.37 bits per heavy atom. The fraction of sp³-hybridized carbons (Fsp3) is 0.0909. The number of primary amides is 2. The highest BCUT2D eigenvalue weighted by molar-refractivity contribution is 6.31. The van der Waals surface area contributed by atoms with Crippen molar-refractivity contribution in [3.05, 3.63) is 93.0 Å². The Bertz CT molecular complexity index is 998. The van der Waals surface area contributed by atoms with E-state index >= 15 is 0 Å². The zero-order valence-electron chi connectivity index (χ0n) is 15.7. The molecule has 8 heteroatoms. The van der Waals surface area contributed by atoms with Crippen LogP contribution >= 0.6 is 23.2 Å².